The average molecular weight is 444 g/mol. The van der Waals surface area contributed by atoms with Crippen LogP contribution in [0.1, 0.15) is 31.2 Å². The fourth-order valence-electron chi connectivity index (χ4n) is 3.02. The highest BCUT2D eigenvalue weighted by Crippen LogP contribution is 2.26. The van der Waals surface area contributed by atoms with Crippen molar-refractivity contribution in [1.29, 1.82) is 0 Å². The van der Waals surface area contributed by atoms with E-state index in [1.165, 1.54) is 12.8 Å². The first kappa shape index (κ1) is 20.7. The number of anilines is 1. The molecule has 1 aromatic carbocycles. The van der Waals surface area contributed by atoms with E-state index >= 15 is 0 Å². The van der Waals surface area contributed by atoms with Crippen LogP contribution >= 0.6 is 24.0 Å². The largest absolute Gasteiger partial charge is 0.349 e. The molecule has 2 rings (SSSR count). The third-order valence-electron chi connectivity index (χ3n) is 4.12. The number of benzene rings is 1. The smallest absolute Gasteiger partial charge is 0.227 e. The molecule has 0 bridgehead atoms. The summed E-state index contributed by atoms with van der Waals surface area (Å²) in [5.41, 5.74) is 1.96. The fraction of sp³-hybridized carbons (Fsp3) is 0.556. The first-order valence-corrected chi connectivity index (χ1v) is 8.26. The standard InChI is InChI=1S/C18H28N4O.HI/c1-21(2)18(22(3)4)19-13-14-8-7-11-16(12-14)20-17(23)15-9-5-6-10-15;/h7-8,11-12,15H,5-6,9-10,13H2,1-4H3,(H,20,23);1H. The summed E-state index contributed by atoms with van der Waals surface area (Å²) in [7, 11) is 7.93. The van der Waals surface area contributed by atoms with Gasteiger partial charge < -0.3 is 15.1 Å². The molecule has 1 fully saturated rings. The third kappa shape index (κ3) is 5.96. The number of amides is 1. The Kier molecular flexibility index (Phi) is 8.52. The normalized spacial score (nSPS) is 13.8. The summed E-state index contributed by atoms with van der Waals surface area (Å²) in [6, 6.07) is 7.97. The van der Waals surface area contributed by atoms with Crippen molar-refractivity contribution < 1.29 is 4.79 Å². The van der Waals surface area contributed by atoms with E-state index in [0.717, 1.165) is 30.1 Å². The van der Waals surface area contributed by atoms with E-state index in [2.05, 4.69) is 10.3 Å². The van der Waals surface area contributed by atoms with E-state index in [1.54, 1.807) is 0 Å². The highest BCUT2D eigenvalue weighted by atomic mass is 127. The molecule has 1 amide bonds. The van der Waals surface area contributed by atoms with Crippen LogP contribution in [0.2, 0.25) is 0 Å². The second-order valence-electron chi connectivity index (χ2n) is 6.58. The number of carbonyl (C=O) groups is 1. The third-order valence-corrected chi connectivity index (χ3v) is 4.12. The van der Waals surface area contributed by atoms with Crippen molar-refractivity contribution in [2.75, 3.05) is 33.5 Å². The number of nitrogens with one attached hydrogen (secondary N) is 1. The highest BCUT2D eigenvalue weighted by molar-refractivity contribution is 14.0. The van der Waals surface area contributed by atoms with Crippen molar-refractivity contribution in [1.82, 2.24) is 9.80 Å². The molecular formula is C18H29IN4O. The van der Waals surface area contributed by atoms with E-state index < -0.39 is 0 Å². The van der Waals surface area contributed by atoms with Gasteiger partial charge in [-0.05, 0) is 30.5 Å². The molecule has 0 unspecified atom stereocenters. The van der Waals surface area contributed by atoms with Crippen LogP contribution in [-0.2, 0) is 11.3 Å². The van der Waals surface area contributed by atoms with Crippen molar-refractivity contribution in [3.8, 4) is 0 Å². The van der Waals surface area contributed by atoms with Crippen LogP contribution in [0.15, 0.2) is 29.3 Å². The second-order valence-corrected chi connectivity index (χ2v) is 6.58. The molecule has 0 aliphatic heterocycles. The van der Waals surface area contributed by atoms with Crippen molar-refractivity contribution >= 4 is 41.5 Å². The Morgan fingerprint density at radius 1 is 1.17 bits per heavy atom. The summed E-state index contributed by atoms with van der Waals surface area (Å²) in [5, 5.41) is 3.05. The topological polar surface area (TPSA) is 47.9 Å². The first-order chi connectivity index (χ1) is 11.0. The van der Waals surface area contributed by atoms with Crippen LogP contribution < -0.4 is 5.32 Å². The van der Waals surface area contributed by atoms with E-state index in [-0.39, 0.29) is 35.8 Å². The van der Waals surface area contributed by atoms with Crippen LogP contribution in [0.4, 0.5) is 5.69 Å². The first-order valence-electron chi connectivity index (χ1n) is 8.26. The van der Waals surface area contributed by atoms with Crippen LogP contribution in [-0.4, -0.2) is 49.9 Å². The minimum atomic E-state index is 0. The van der Waals surface area contributed by atoms with Gasteiger partial charge in [-0.25, -0.2) is 4.99 Å². The van der Waals surface area contributed by atoms with Gasteiger partial charge in [0.1, 0.15) is 0 Å². The average Bonchev–Trinajstić information content (AvgIpc) is 3.01. The minimum Gasteiger partial charge on any atom is -0.349 e. The number of aliphatic imine (C=N–C) groups is 1. The molecule has 0 atom stereocenters. The SMILES string of the molecule is CN(C)C(=NCc1cccc(NC(=O)C2CCCC2)c1)N(C)C.I. The van der Waals surface area contributed by atoms with E-state index in [0.29, 0.717) is 6.54 Å². The predicted octanol–water partition coefficient (Wildman–Crippen LogP) is 3.41. The van der Waals surface area contributed by atoms with Crippen LogP contribution in [0.3, 0.4) is 0 Å². The van der Waals surface area contributed by atoms with Crippen LogP contribution in [0, 0.1) is 5.92 Å². The molecule has 1 aliphatic rings. The molecule has 1 N–H and O–H groups in total. The maximum absolute atomic E-state index is 12.2. The molecular weight excluding hydrogens is 415 g/mol. The summed E-state index contributed by atoms with van der Waals surface area (Å²) in [6.45, 7) is 0.596. The summed E-state index contributed by atoms with van der Waals surface area (Å²) < 4.78 is 0. The number of nitrogens with zero attached hydrogens (tertiary/aromatic N) is 3. The van der Waals surface area contributed by atoms with Gasteiger partial charge in [-0.2, -0.15) is 0 Å². The van der Waals surface area contributed by atoms with Gasteiger partial charge in [0, 0.05) is 39.8 Å². The Hall–Kier alpha value is -1.31. The van der Waals surface area contributed by atoms with E-state index in [1.807, 2.05) is 62.3 Å². The monoisotopic (exact) mass is 444 g/mol. The lowest BCUT2D eigenvalue weighted by Crippen LogP contribution is -2.35. The molecule has 0 saturated heterocycles. The number of guanidine groups is 1. The zero-order valence-electron chi connectivity index (χ0n) is 15.1. The van der Waals surface area contributed by atoms with Gasteiger partial charge >= 0.3 is 0 Å². The summed E-state index contributed by atoms with van der Waals surface area (Å²) >= 11 is 0. The quantitative estimate of drug-likeness (QED) is 0.440. The molecule has 0 radical (unpaired) electrons. The Balaban J connectivity index is 0.00000288. The Bertz CT molecular complexity index is 556. The number of carbonyl (C=O) groups excluding carboxylic acids is 1. The molecule has 0 heterocycles. The molecule has 0 spiro atoms. The van der Waals surface area contributed by atoms with Gasteiger partial charge in [0.2, 0.25) is 5.91 Å². The molecule has 1 aliphatic carbocycles. The molecule has 0 aromatic heterocycles. The maximum atomic E-state index is 12.2. The Morgan fingerprint density at radius 3 is 2.38 bits per heavy atom. The maximum Gasteiger partial charge on any atom is 0.227 e. The zero-order valence-corrected chi connectivity index (χ0v) is 17.4. The van der Waals surface area contributed by atoms with Gasteiger partial charge in [-0.15, -0.1) is 24.0 Å². The van der Waals surface area contributed by atoms with Gasteiger partial charge in [0.05, 0.1) is 6.54 Å². The summed E-state index contributed by atoms with van der Waals surface area (Å²) in [4.78, 5) is 20.8. The number of halogens is 1. The van der Waals surface area contributed by atoms with Crippen molar-refractivity contribution in [3.63, 3.8) is 0 Å². The lowest BCUT2D eigenvalue weighted by Gasteiger charge is -2.22. The lowest BCUT2D eigenvalue weighted by molar-refractivity contribution is -0.119. The molecule has 5 nitrogen and oxygen atoms in total. The number of rotatable bonds is 4. The van der Waals surface area contributed by atoms with Gasteiger partial charge in [0.15, 0.2) is 5.96 Å². The highest BCUT2D eigenvalue weighted by Gasteiger charge is 2.22. The molecule has 1 aromatic rings. The molecule has 1 saturated carbocycles. The van der Waals surface area contributed by atoms with Gasteiger partial charge in [-0.3, -0.25) is 4.79 Å². The van der Waals surface area contributed by atoms with Crippen molar-refractivity contribution in [2.45, 2.75) is 32.2 Å². The number of hydrogen-bond donors (Lipinski definition) is 1. The summed E-state index contributed by atoms with van der Waals surface area (Å²) in [6.07, 6.45) is 4.38. The molecule has 24 heavy (non-hydrogen) atoms. The fourth-order valence-corrected chi connectivity index (χ4v) is 3.02. The minimum absolute atomic E-state index is 0. The van der Waals surface area contributed by atoms with Crippen LogP contribution in [0.5, 0.6) is 0 Å². The van der Waals surface area contributed by atoms with Crippen LogP contribution in [0.25, 0.3) is 0 Å². The van der Waals surface area contributed by atoms with Crippen molar-refractivity contribution in [3.05, 3.63) is 29.8 Å². The predicted molar refractivity (Wildman–Crippen MR) is 111 cm³/mol. The van der Waals surface area contributed by atoms with Gasteiger partial charge in [0.25, 0.3) is 0 Å². The molecule has 6 heteroatoms. The van der Waals surface area contributed by atoms with Gasteiger partial charge in [-0.1, -0.05) is 25.0 Å². The zero-order chi connectivity index (χ0) is 16.8. The number of hydrogen-bond acceptors (Lipinski definition) is 2. The van der Waals surface area contributed by atoms with Crippen molar-refractivity contribution in [2.24, 2.45) is 10.9 Å². The lowest BCUT2D eigenvalue weighted by atomic mass is 10.1. The van der Waals surface area contributed by atoms with E-state index in [9.17, 15) is 4.79 Å². The van der Waals surface area contributed by atoms with E-state index in [4.69, 9.17) is 0 Å². The molecule has 134 valence electrons. The Morgan fingerprint density at radius 2 is 1.79 bits per heavy atom. The second kappa shape index (κ2) is 9.86. The summed E-state index contributed by atoms with van der Waals surface area (Å²) in [5.74, 6) is 1.27. The Labute approximate surface area is 162 Å².